The van der Waals surface area contributed by atoms with Crippen molar-refractivity contribution in [1.29, 1.82) is 0 Å². The standard InChI is InChI=1S/C20H23FN2O/c21-17-8-6-14(7-9-17)10-15-11-18-20(22-12-15)24-13-19(23-18)16-4-2-1-3-5-16/h6-9,11-12,16,19,23H,1-5,10,13H2/t19-/m1/s1. The molecule has 4 heteroatoms. The summed E-state index contributed by atoms with van der Waals surface area (Å²) in [5.74, 6) is 1.20. The quantitative estimate of drug-likeness (QED) is 0.897. The number of benzene rings is 1. The third kappa shape index (κ3) is 3.37. The van der Waals surface area contributed by atoms with E-state index >= 15 is 0 Å². The summed E-state index contributed by atoms with van der Waals surface area (Å²) in [6.45, 7) is 0.710. The lowest BCUT2D eigenvalue weighted by Gasteiger charge is -2.34. The van der Waals surface area contributed by atoms with E-state index in [-0.39, 0.29) is 5.82 Å². The lowest BCUT2D eigenvalue weighted by atomic mass is 9.84. The Hall–Kier alpha value is -2.10. The normalized spacial score (nSPS) is 20.8. The van der Waals surface area contributed by atoms with E-state index in [0.29, 0.717) is 24.4 Å². The average molecular weight is 326 g/mol. The third-order valence-electron chi connectivity index (χ3n) is 5.19. The van der Waals surface area contributed by atoms with Crippen molar-refractivity contribution >= 4 is 5.69 Å². The zero-order valence-corrected chi connectivity index (χ0v) is 13.8. The van der Waals surface area contributed by atoms with Gasteiger partial charge >= 0.3 is 0 Å². The zero-order valence-electron chi connectivity index (χ0n) is 13.8. The number of fused-ring (bicyclic) bond motifs is 1. The summed E-state index contributed by atoms with van der Waals surface area (Å²) in [4.78, 5) is 4.45. The van der Waals surface area contributed by atoms with Gasteiger partial charge in [0.2, 0.25) is 5.88 Å². The van der Waals surface area contributed by atoms with Crippen molar-refractivity contribution in [1.82, 2.24) is 4.98 Å². The molecule has 0 radical (unpaired) electrons. The van der Waals surface area contributed by atoms with Gasteiger partial charge in [-0.25, -0.2) is 9.37 Å². The summed E-state index contributed by atoms with van der Waals surface area (Å²) >= 11 is 0. The van der Waals surface area contributed by atoms with Crippen LogP contribution in [0.2, 0.25) is 0 Å². The maximum absolute atomic E-state index is 13.0. The second kappa shape index (κ2) is 6.80. The largest absolute Gasteiger partial charge is 0.474 e. The molecule has 1 aliphatic carbocycles. The van der Waals surface area contributed by atoms with Crippen LogP contribution < -0.4 is 10.1 Å². The number of nitrogens with zero attached hydrogens (tertiary/aromatic N) is 1. The van der Waals surface area contributed by atoms with E-state index in [1.54, 1.807) is 0 Å². The molecule has 1 atom stereocenters. The summed E-state index contributed by atoms with van der Waals surface area (Å²) in [6, 6.07) is 9.16. The molecule has 24 heavy (non-hydrogen) atoms. The molecule has 1 saturated carbocycles. The minimum Gasteiger partial charge on any atom is -0.474 e. The van der Waals surface area contributed by atoms with Gasteiger partial charge in [0.05, 0.1) is 11.7 Å². The van der Waals surface area contributed by atoms with E-state index in [4.69, 9.17) is 4.74 Å². The first-order valence-electron chi connectivity index (χ1n) is 8.90. The number of aromatic nitrogens is 1. The third-order valence-corrected chi connectivity index (χ3v) is 5.19. The molecule has 126 valence electrons. The van der Waals surface area contributed by atoms with Gasteiger partial charge in [-0.3, -0.25) is 0 Å². The van der Waals surface area contributed by atoms with Crippen LogP contribution in [0, 0.1) is 11.7 Å². The molecule has 0 amide bonds. The van der Waals surface area contributed by atoms with Crippen molar-refractivity contribution < 1.29 is 9.13 Å². The minimum absolute atomic E-state index is 0.201. The summed E-state index contributed by atoms with van der Waals surface area (Å²) in [6.07, 6.45) is 9.21. The Balaban J connectivity index is 1.48. The molecule has 2 aromatic rings. The maximum atomic E-state index is 13.0. The first-order valence-corrected chi connectivity index (χ1v) is 8.90. The molecular weight excluding hydrogens is 303 g/mol. The molecule has 1 aromatic carbocycles. The van der Waals surface area contributed by atoms with Gasteiger partial charge in [-0.05, 0) is 54.5 Å². The van der Waals surface area contributed by atoms with E-state index in [2.05, 4.69) is 16.4 Å². The first kappa shape index (κ1) is 15.4. The van der Waals surface area contributed by atoms with Gasteiger partial charge in [0, 0.05) is 6.20 Å². The fourth-order valence-corrected chi connectivity index (χ4v) is 3.85. The van der Waals surface area contributed by atoms with Crippen molar-refractivity contribution in [2.45, 2.75) is 44.6 Å². The number of anilines is 1. The van der Waals surface area contributed by atoms with Gasteiger partial charge in [0.15, 0.2) is 0 Å². The van der Waals surface area contributed by atoms with E-state index < -0.39 is 0 Å². The summed E-state index contributed by atoms with van der Waals surface area (Å²) in [5.41, 5.74) is 3.19. The second-order valence-corrected chi connectivity index (χ2v) is 6.96. The Morgan fingerprint density at radius 1 is 1.08 bits per heavy atom. The second-order valence-electron chi connectivity index (χ2n) is 6.96. The van der Waals surface area contributed by atoms with E-state index in [9.17, 15) is 4.39 Å². The molecule has 1 aliphatic heterocycles. The summed E-state index contributed by atoms with van der Waals surface area (Å²) < 4.78 is 18.9. The van der Waals surface area contributed by atoms with E-state index in [1.165, 1.54) is 44.2 Å². The lowest BCUT2D eigenvalue weighted by molar-refractivity contribution is 0.209. The average Bonchev–Trinajstić information content (AvgIpc) is 2.64. The van der Waals surface area contributed by atoms with Crippen molar-refractivity contribution in [3.8, 4) is 5.88 Å². The number of nitrogens with one attached hydrogen (secondary N) is 1. The monoisotopic (exact) mass is 326 g/mol. The number of hydrogen-bond donors (Lipinski definition) is 1. The van der Waals surface area contributed by atoms with Crippen LogP contribution in [0.1, 0.15) is 43.2 Å². The van der Waals surface area contributed by atoms with E-state index in [1.807, 2.05) is 18.3 Å². The van der Waals surface area contributed by atoms with Crippen LogP contribution in [0.15, 0.2) is 36.5 Å². The highest BCUT2D eigenvalue weighted by molar-refractivity contribution is 5.56. The highest BCUT2D eigenvalue weighted by Crippen LogP contribution is 2.34. The Bertz CT molecular complexity index is 695. The molecule has 0 saturated heterocycles. The van der Waals surface area contributed by atoms with Crippen molar-refractivity contribution in [3.63, 3.8) is 0 Å². The van der Waals surface area contributed by atoms with Gasteiger partial charge in [0.25, 0.3) is 0 Å². The van der Waals surface area contributed by atoms with Crippen molar-refractivity contribution in [2.24, 2.45) is 5.92 Å². The maximum Gasteiger partial charge on any atom is 0.237 e. The molecular formula is C20H23FN2O. The smallest absolute Gasteiger partial charge is 0.237 e. The van der Waals surface area contributed by atoms with Crippen LogP contribution in [0.5, 0.6) is 5.88 Å². The van der Waals surface area contributed by atoms with Crippen molar-refractivity contribution in [3.05, 3.63) is 53.5 Å². The van der Waals surface area contributed by atoms with Crippen LogP contribution in [0.4, 0.5) is 10.1 Å². The summed E-state index contributed by atoms with van der Waals surface area (Å²) in [7, 11) is 0. The van der Waals surface area contributed by atoms with Gasteiger partial charge in [-0.2, -0.15) is 0 Å². The number of rotatable bonds is 3. The number of pyridine rings is 1. The molecule has 1 fully saturated rings. The highest BCUT2D eigenvalue weighted by atomic mass is 19.1. The predicted octanol–water partition coefficient (Wildman–Crippen LogP) is 4.56. The highest BCUT2D eigenvalue weighted by Gasteiger charge is 2.28. The molecule has 3 nitrogen and oxygen atoms in total. The minimum atomic E-state index is -0.201. The Labute approximate surface area is 142 Å². The van der Waals surface area contributed by atoms with Crippen LogP contribution in [-0.2, 0) is 6.42 Å². The van der Waals surface area contributed by atoms with Crippen LogP contribution in [0.3, 0.4) is 0 Å². The molecule has 1 N–H and O–H groups in total. The van der Waals surface area contributed by atoms with Gasteiger partial charge < -0.3 is 10.1 Å². The molecule has 2 aliphatic rings. The topological polar surface area (TPSA) is 34.2 Å². The van der Waals surface area contributed by atoms with Crippen LogP contribution >= 0.6 is 0 Å². The fourth-order valence-electron chi connectivity index (χ4n) is 3.85. The number of halogens is 1. The van der Waals surface area contributed by atoms with Gasteiger partial charge in [-0.15, -0.1) is 0 Å². The van der Waals surface area contributed by atoms with Crippen LogP contribution in [0.25, 0.3) is 0 Å². The fraction of sp³-hybridized carbons (Fsp3) is 0.450. The lowest BCUT2D eigenvalue weighted by Crippen LogP contribution is -2.39. The Kier molecular flexibility index (Phi) is 4.37. The Morgan fingerprint density at radius 2 is 1.88 bits per heavy atom. The molecule has 0 unspecified atom stereocenters. The SMILES string of the molecule is Fc1ccc(Cc2cnc3c(c2)N[C@@H](C2CCCCC2)CO3)cc1. The van der Waals surface area contributed by atoms with Crippen molar-refractivity contribution in [2.75, 3.05) is 11.9 Å². The molecule has 0 bridgehead atoms. The Morgan fingerprint density at radius 3 is 2.67 bits per heavy atom. The zero-order chi connectivity index (χ0) is 16.4. The first-order chi connectivity index (χ1) is 11.8. The van der Waals surface area contributed by atoms with Gasteiger partial charge in [0.1, 0.15) is 12.4 Å². The molecule has 2 heterocycles. The van der Waals surface area contributed by atoms with E-state index in [0.717, 1.165) is 23.2 Å². The predicted molar refractivity (Wildman–Crippen MR) is 92.9 cm³/mol. The molecule has 4 rings (SSSR count). The molecule has 1 aromatic heterocycles. The number of ether oxygens (including phenoxy) is 1. The molecule has 0 spiro atoms. The number of hydrogen-bond acceptors (Lipinski definition) is 3. The van der Waals surface area contributed by atoms with Crippen LogP contribution in [-0.4, -0.2) is 17.6 Å². The van der Waals surface area contributed by atoms with Gasteiger partial charge in [-0.1, -0.05) is 31.4 Å². The summed E-state index contributed by atoms with van der Waals surface area (Å²) in [5, 5.41) is 3.65.